The first-order valence-electron chi connectivity index (χ1n) is 21.7. The summed E-state index contributed by atoms with van der Waals surface area (Å²) in [4.78, 5) is 4.74. The van der Waals surface area contributed by atoms with E-state index in [0.29, 0.717) is 0 Å². The normalized spacial score (nSPS) is 11.5. The van der Waals surface area contributed by atoms with Crippen molar-refractivity contribution in [1.29, 1.82) is 0 Å². The van der Waals surface area contributed by atoms with Crippen LogP contribution in [0.3, 0.4) is 0 Å². The number of anilines is 6. The maximum atomic E-state index is 6.76. The average molecular weight is 811 g/mol. The van der Waals surface area contributed by atoms with Gasteiger partial charge in [-0.25, -0.2) is 0 Å². The van der Waals surface area contributed by atoms with Gasteiger partial charge in [-0.3, -0.25) is 0 Å². The van der Waals surface area contributed by atoms with Crippen LogP contribution < -0.4 is 9.80 Å². The number of benzene rings is 10. The Morgan fingerprint density at radius 2 is 0.683 bits per heavy atom. The van der Waals surface area contributed by atoms with Gasteiger partial charge in [0.25, 0.3) is 0 Å². The second kappa shape index (κ2) is 15.5. The molecule has 0 aliphatic heterocycles. The fraction of sp³-hybridized carbons (Fsp3) is 0.0667. The van der Waals surface area contributed by atoms with Gasteiger partial charge in [0, 0.05) is 44.9 Å². The first kappa shape index (κ1) is 38.1. The average Bonchev–Trinajstić information content (AvgIpc) is 3.65. The number of hydrogen-bond donors (Lipinski definition) is 0. The van der Waals surface area contributed by atoms with E-state index < -0.39 is 0 Å². The zero-order valence-electron chi connectivity index (χ0n) is 35.9. The third kappa shape index (κ3) is 7.08. The number of rotatable bonds is 8. The highest BCUT2D eigenvalue weighted by atomic mass is 16.3. The van der Waals surface area contributed by atoms with Crippen LogP contribution in [0.25, 0.3) is 65.7 Å². The maximum Gasteiger partial charge on any atom is 0.136 e. The van der Waals surface area contributed by atoms with Crippen molar-refractivity contribution in [3.63, 3.8) is 0 Å². The van der Waals surface area contributed by atoms with Gasteiger partial charge in [-0.2, -0.15) is 0 Å². The van der Waals surface area contributed by atoms with Gasteiger partial charge in [0.2, 0.25) is 0 Å². The zero-order valence-corrected chi connectivity index (χ0v) is 35.9. The van der Waals surface area contributed by atoms with E-state index in [4.69, 9.17) is 4.42 Å². The molecule has 0 bridgehead atoms. The minimum Gasteiger partial charge on any atom is -0.456 e. The number of aryl methyl sites for hydroxylation is 4. The number of fused-ring (bicyclic) bond motifs is 5. The Balaban J connectivity index is 0.989. The molecule has 11 rings (SSSR count). The Hall–Kier alpha value is -7.88. The lowest BCUT2D eigenvalue weighted by molar-refractivity contribution is 0.670. The highest BCUT2D eigenvalue weighted by Gasteiger charge is 2.19. The van der Waals surface area contributed by atoms with Crippen molar-refractivity contribution < 1.29 is 4.42 Å². The second-order valence-electron chi connectivity index (χ2n) is 16.9. The summed E-state index contributed by atoms with van der Waals surface area (Å²) in [5.41, 5.74) is 18.2. The number of nitrogens with zero attached hydrogens (tertiary/aromatic N) is 2. The molecule has 0 radical (unpaired) electrons. The van der Waals surface area contributed by atoms with Crippen molar-refractivity contribution in [3.05, 3.63) is 229 Å². The van der Waals surface area contributed by atoms with Crippen LogP contribution in [0.15, 0.2) is 211 Å². The predicted molar refractivity (Wildman–Crippen MR) is 268 cm³/mol. The van der Waals surface area contributed by atoms with Gasteiger partial charge in [-0.1, -0.05) is 132 Å². The van der Waals surface area contributed by atoms with Gasteiger partial charge in [-0.05, 0) is 168 Å². The second-order valence-corrected chi connectivity index (χ2v) is 16.9. The smallest absolute Gasteiger partial charge is 0.136 e. The fourth-order valence-electron chi connectivity index (χ4n) is 9.35. The quantitative estimate of drug-likeness (QED) is 0.152. The van der Waals surface area contributed by atoms with E-state index in [1.807, 2.05) is 0 Å². The van der Waals surface area contributed by atoms with Crippen LogP contribution in [-0.2, 0) is 0 Å². The van der Waals surface area contributed by atoms with Gasteiger partial charge in [0.1, 0.15) is 11.2 Å². The summed E-state index contributed by atoms with van der Waals surface area (Å²) in [7, 11) is 0. The first-order chi connectivity index (χ1) is 30.8. The van der Waals surface area contributed by atoms with Crippen LogP contribution in [0.1, 0.15) is 22.3 Å². The molecule has 0 aliphatic rings. The van der Waals surface area contributed by atoms with Crippen molar-refractivity contribution in [2.24, 2.45) is 0 Å². The van der Waals surface area contributed by atoms with Gasteiger partial charge in [-0.15, -0.1) is 0 Å². The van der Waals surface area contributed by atoms with Crippen LogP contribution >= 0.6 is 0 Å². The summed E-state index contributed by atoms with van der Waals surface area (Å²) in [6.45, 7) is 8.70. The summed E-state index contributed by atoms with van der Waals surface area (Å²) < 4.78 is 6.76. The third-order valence-electron chi connectivity index (χ3n) is 12.5. The minimum atomic E-state index is 0.880. The van der Waals surface area contributed by atoms with Crippen molar-refractivity contribution in [3.8, 4) is 22.3 Å². The summed E-state index contributed by atoms with van der Waals surface area (Å²) in [5, 5.41) is 6.84. The van der Waals surface area contributed by atoms with E-state index in [-0.39, 0.29) is 0 Å². The first-order valence-corrected chi connectivity index (χ1v) is 21.7. The summed E-state index contributed by atoms with van der Waals surface area (Å²) in [6.07, 6.45) is 0. The van der Waals surface area contributed by atoms with Crippen molar-refractivity contribution in [2.75, 3.05) is 9.80 Å². The van der Waals surface area contributed by atoms with Gasteiger partial charge >= 0.3 is 0 Å². The highest BCUT2D eigenvalue weighted by molar-refractivity contribution is 6.14. The van der Waals surface area contributed by atoms with Crippen LogP contribution in [-0.4, -0.2) is 0 Å². The lowest BCUT2D eigenvalue weighted by atomic mass is 10.0. The summed E-state index contributed by atoms with van der Waals surface area (Å²) in [5.74, 6) is 0. The molecule has 1 aromatic heterocycles. The molecular weight excluding hydrogens is 765 g/mol. The molecule has 3 nitrogen and oxygen atoms in total. The lowest BCUT2D eigenvalue weighted by Crippen LogP contribution is -2.11. The van der Waals surface area contributed by atoms with Crippen molar-refractivity contribution in [2.45, 2.75) is 27.7 Å². The Morgan fingerprint density at radius 1 is 0.302 bits per heavy atom. The van der Waals surface area contributed by atoms with E-state index in [9.17, 15) is 0 Å². The Labute approximate surface area is 368 Å². The Kier molecular flexibility index (Phi) is 9.39. The molecule has 0 saturated carbocycles. The third-order valence-corrected chi connectivity index (χ3v) is 12.5. The van der Waals surface area contributed by atoms with Crippen LogP contribution in [0, 0.1) is 27.7 Å². The number of furan rings is 1. The fourth-order valence-corrected chi connectivity index (χ4v) is 9.35. The molecule has 10 aromatic carbocycles. The molecular formula is C60H46N2O. The predicted octanol–water partition coefficient (Wildman–Crippen LogP) is 17.4. The van der Waals surface area contributed by atoms with E-state index in [1.165, 1.54) is 55.3 Å². The molecule has 0 atom stereocenters. The Morgan fingerprint density at radius 3 is 1.08 bits per heavy atom. The molecule has 0 amide bonds. The molecule has 0 spiro atoms. The highest BCUT2D eigenvalue weighted by Crippen LogP contribution is 2.43. The molecule has 11 aromatic rings. The summed E-state index contributed by atoms with van der Waals surface area (Å²) >= 11 is 0. The molecule has 302 valence electrons. The topological polar surface area (TPSA) is 19.6 Å². The number of hydrogen-bond acceptors (Lipinski definition) is 3. The largest absolute Gasteiger partial charge is 0.456 e. The molecule has 1 heterocycles. The SMILES string of the molecule is Cc1ccc(N(c2ccc(-c3ccccc3)cc2)c2ccc3cc4c(cc3c2)oc2cc3cc(N(c5ccc(-c6ccccc6)cc5)c5ccc(C)cc5C)ccc3cc24)c(C)c1. The van der Waals surface area contributed by atoms with E-state index in [1.54, 1.807) is 0 Å². The zero-order chi connectivity index (χ0) is 42.6. The summed E-state index contributed by atoms with van der Waals surface area (Å²) in [6, 6.07) is 74.9. The molecule has 0 N–H and O–H groups in total. The van der Waals surface area contributed by atoms with Crippen LogP contribution in [0.2, 0.25) is 0 Å². The van der Waals surface area contributed by atoms with Crippen molar-refractivity contribution >= 4 is 77.6 Å². The van der Waals surface area contributed by atoms with E-state index in [2.05, 4.69) is 244 Å². The Bertz CT molecular complexity index is 3240. The van der Waals surface area contributed by atoms with Gasteiger partial charge in [0.15, 0.2) is 0 Å². The molecule has 63 heavy (non-hydrogen) atoms. The minimum absolute atomic E-state index is 0.880. The van der Waals surface area contributed by atoms with Crippen molar-refractivity contribution in [1.82, 2.24) is 0 Å². The standard InChI is InChI=1S/C60H46N2O/c1-39-15-29-57(41(3)31-39)61(51-23-17-45(18-24-51)43-11-7-5-8-12-43)53-27-21-47-35-55-56-36-48-22-28-54(34-50(48)38-60(56)63-59(55)37-49(47)33-53)62(58-30-16-40(2)32-42(58)4)52-25-19-46(20-26-52)44-13-9-6-10-14-44/h5-38H,1-4H3. The maximum absolute atomic E-state index is 6.76. The monoisotopic (exact) mass is 810 g/mol. The van der Waals surface area contributed by atoms with Gasteiger partial charge < -0.3 is 14.2 Å². The molecule has 0 fully saturated rings. The molecule has 0 aliphatic carbocycles. The van der Waals surface area contributed by atoms with Gasteiger partial charge in [0.05, 0.1) is 0 Å². The molecule has 0 unspecified atom stereocenters. The van der Waals surface area contributed by atoms with E-state index >= 15 is 0 Å². The molecule has 3 heteroatoms. The van der Waals surface area contributed by atoms with E-state index in [0.717, 1.165) is 66.8 Å². The van der Waals surface area contributed by atoms with Crippen LogP contribution in [0.5, 0.6) is 0 Å². The molecule has 0 saturated heterocycles. The lowest BCUT2D eigenvalue weighted by Gasteiger charge is -2.28. The van der Waals surface area contributed by atoms with Crippen LogP contribution in [0.4, 0.5) is 34.1 Å².